The van der Waals surface area contributed by atoms with Crippen LogP contribution in [0.1, 0.15) is 45.6 Å². The van der Waals surface area contributed by atoms with Gasteiger partial charge in [-0.1, -0.05) is 44.5 Å². The van der Waals surface area contributed by atoms with E-state index >= 15 is 0 Å². The molecule has 0 N–H and O–H groups in total. The predicted molar refractivity (Wildman–Crippen MR) is 175 cm³/mol. The van der Waals surface area contributed by atoms with E-state index in [1.807, 2.05) is 36.8 Å². The number of hydrogen-bond donors (Lipinski definition) is 0. The second-order valence-electron chi connectivity index (χ2n) is 13.5. The van der Waals surface area contributed by atoms with E-state index < -0.39 is 0 Å². The van der Waals surface area contributed by atoms with Crippen molar-refractivity contribution in [2.45, 2.75) is 51.0 Å². The van der Waals surface area contributed by atoms with E-state index in [9.17, 15) is 0 Å². The van der Waals surface area contributed by atoms with Crippen LogP contribution in [0.2, 0.25) is 0 Å². The average molecular weight is 770 g/mol. The van der Waals surface area contributed by atoms with Crippen LogP contribution in [-0.4, -0.2) is 20.1 Å². The van der Waals surface area contributed by atoms with Crippen molar-refractivity contribution in [2.24, 2.45) is 5.92 Å². The maximum Gasteiger partial charge on any atom is 0.135 e. The van der Waals surface area contributed by atoms with E-state index in [0.29, 0.717) is 11.5 Å². The van der Waals surface area contributed by atoms with Crippen molar-refractivity contribution in [3.63, 3.8) is 0 Å². The van der Waals surface area contributed by atoms with Crippen molar-refractivity contribution in [1.82, 2.24) is 14.5 Å². The topological polar surface area (TPSA) is 46.4 Å². The number of pyridine rings is 2. The van der Waals surface area contributed by atoms with Crippen molar-refractivity contribution in [2.75, 3.05) is 9.80 Å². The van der Waals surface area contributed by atoms with Gasteiger partial charge in [-0.3, -0.25) is 4.98 Å². The molecule has 6 nitrogen and oxygen atoms in total. The van der Waals surface area contributed by atoms with Gasteiger partial charge in [-0.05, 0) is 65.8 Å². The second kappa shape index (κ2) is 10.2. The van der Waals surface area contributed by atoms with Crippen molar-refractivity contribution < 1.29 is 25.8 Å². The first-order chi connectivity index (χ1) is 21.4. The third-order valence-electron chi connectivity index (χ3n) is 9.67. The zero-order chi connectivity index (χ0) is 29.6. The Morgan fingerprint density at radius 2 is 1.69 bits per heavy atom. The molecule has 3 fully saturated rings. The first-order valence-electron chi connectivity index (χ1n) is 15.4. The molecule has 3 saturated carbocycles. The smallest absolute Gasteiger partial charge is 0.135 e. The average Bonchev–Trinajstić information content (AvgIpc) is 3.52. The monoisotopic (exact) mass is 769 g/mol. The maximum atomic E-state index is 6.46. The Kier molecular flexibility index (Phi) is 6.41. The quantitative estimate of drug-likeness (QED) is 0.164. The molecular weight excluding hydrogens is 738 g/mol. The van der Waals surface area contributed by atoms with Crippen LogP contribution in [0.5, 0.6) is 11.5 Å². The number of benzene rings is 3. The van der Waals surface area contributed by atoms with Gasteiger partial charge in [0.2, 0.25) is 0 Å². The first-order valence-corrected chi connectivity index (χ1v) is 15.4. The van der Waals surface area contributed by atoms with Gasteiger partial charge in [0.15, 0.2) is 0 Å². The van der Waals surface area contributed by atoms with Crippen molar-refractivity contribution >= 4 is 38.9 Å². The van der Waals surface area contributed by atoms with E-state index in [4.69, 9.17) is 9.72 Å². The summed E-state index contributed by atoms with van der Waals surface area (Å²) in [7, 11) is 0. The summed E-state index contributed by atoms with van der Waals surface area (Å²) in [5.41, 5.74) is 6.75. The van der Waals surface area contributed by atoms with Crippen LogP contribution in [0.25, 0.3) is 27.6 Å². The Morgan fingerprint density at radius 3 is 2.49 bits per heavy atom. The zero-order valence-electron chi connectivity index (χ0n) is 25.4. The molecular formula is C38H32N5OPt-3. The summed E-state index contributed by atoms with van der Waals surface area (Å²) in [6.45, 7) is 8.90. The van der Waals surface area contributed by atoms with Crippen molar-refractivity contribution in [3.8, 4) is 17.3 Å². The Labute approximate surface area is 277 Å². The number of para-hydroxylation sites is 1. The van der Waals surface area contributed by atoms with Gasteiger partial charge in [-0.15, -0.1) is 41.4 Å². The molecule has 228 valence electrons. The van der Waals surface area contributed by atoms with E-state index in [2.05, 4.69) is 114 Å². The third kappa shape index (κ3) is 4.40. The van der Waals surface area contributed by atoms with Crippen LogP contribution in [0.4, 0.5) is 17.1 Å². The summed E-state index contributed by atoms with van der Waals surface area (Å²) in [4.78, 5) is 13.9. The van der Waals surface area contributed by atoms with Crippen molar-refractivity contribution in [1.29, 1.82) is 0 Å². The molecule has 6 aromatic rings. The Hall–Kier alpha value is -4.15. The standard InChI is InChI=1S/C38H32N5O.Pt/c1-37(2,3)26-13-16-40-36(17-26)43-32-10-5-4-9-30(32)31-12-11-29(19-34(31)43)44-28-8-6-7-27(18-28)41-24-42(38-20-25(21-38)22-38)33-14-15-39-23-35(33)41;/h4-17,23-25H,20-22H2,1-3H3;/q-3;. The molecule has 1 aliphatic heterocycles. The number of aromatic nitrogens is 3. The number of anilines is 3. The summed E-state index contributed by atoms with van der Waals surface area (Å²) in [5.74, 6) is 3.04. The van der Waals surface area contributed by atoms with Gasteiger partial charge in [0.25, 0.3) is 0 Å². The molecule has 3 aromatic carbocycles. The van der Waals surface area contributed by atoms with Crippen LogP contribution in [-0.2, 0) is 26.5 Å². The fraction of sp³-hybridized carbons (Fsp3) is 0.237. The normalized spacial score (nSPS) is 20.0. The molecule has 0 atom stereocenters. The van der Waals surface area contributed by atoms with Gasteiger partial charge in [0.05, 0.1) is 5.69 Å². The first kappa shape index (κ1) is 28.3. The Balaban J connectivity index is 0.00000300. The van der Waals surface area contributed by atoms with Gasteiger partial charge in [-0.2, -0.15) is 18.8 Å². The largest absolute Gasteiger partial charge is 0.509 e. The Morgan fingerprint density at radius 1 is 0.867 bits per heavy atom. The van der Waals surface area contributed by atoms with E-state index in [1.54, 1.807) is 0 Å². The SMILES string of the molecule is CC(C)(C)c1ccnc(-n2c3[c-]c(Oc4[c-]c(N5[CH-]N(C67CC(C6)C7)c6ccncc65)ccc4)ccc3c3ccccc32)c1.[Pt]. The van der Waals surface area contributed by atoms with Crippen molar-refractivity contribution in [3.05, 3.63) is 116 Å². The molecule has 7 heteroatoms. The number of hydrogen-bond acceptors (Lipinski definition) is 5. The van der Waals surface area contributed by atoms with Gasteiger partial charge in [0.1, 0.15) is 5.82 Å². The minimum Gasteiger partial charge on any atom is -0.509 e. The van der Waals surface area contributed by atoms with E-state index in [-0.39, 0.29) is 32.0 Å². The van der Waals surface area contributed by atoms with Crippen LogP contribution in [0.3, 0.4) is 0 Å². The molecule has 3 aliphatic carbocycles. The van der Waals surface area contributed by atoms with E-state index in [0.717, 1.165) is 44.9 Å². The van der Waals surface area contributed by atoms with Crippen LogP contribution in [0, 0.1) is 24.7 Å². The predicted octanol–water partition coefficient (Wildman–Crippen LogP) is 8.89. The molecule has 45 heavy (non-hydrogen) atoms. The van der Waals surface area contributed by atoms with Crippen LogP contribution < -0.4 is 14.5 Å². The van der Waals surface area contributed by atoms with Gasteiger partial charge < -0.3 is 19.1 Å². The van der Waals surface area contributed by atoms with Gasteiger partial charge in [0, 0.05) is 67.9 Å². The van der Waals surface area contributed by atoms with Gasteiger partial charge >= 0.3 is 0 Å². The minimum atomic E-state index is 0. The molecule has 2 bridgehead atoms. The maximum absolute atomic E-state index is 6.46. The fourth-order valence-corrected chi connectivity index (χ4v) is 7.24. The number of fused-ring (bicyclic) bond motifs is 4. The van der Waals surface area contributed by atoms with Gasteiger partial charge in [-0.25, -0.2) is 4.98 Å². The van der Waals surface area contributed by atoms with E-state index in [1.165, 1.54) is 30.5 Å². The molecule has 3 aromatic heterocycles. The molecule has 10 rings (SSSR count). The summed E-state index contributed by atoms with van der Waals surface area (Å²) in [5, 5.41) is 2.27. The Bertz CT molecular complexity index is 2080. The zero-order valence-corrected chi connectivity index (χ0v) is 27.7. The molecule has 0 unspecified atom stereocenters. The minimum absolute atomic E-state index is 0. The summed E-state index contributed by atoms with van der Waals surface area (Å²) < 4.78 is 8.65. The molecule has 0 amide bonds. The summed E-state index contributed by atoms with van der Waals surface area (Å²) in [6, 6.07) is 32.1. The summed E-state index contributed by atoms with van der Waals surface area (Å²) in [6.07, 6.45) is 9.56. The molecule has 4 heterocycles. The molecule has 0 saturated heterocycles. The fourth-order valence-electron chi connectivity index (χ4n) is 7.24. The molecule has 0 radical (unpaired) electrons. The van der Waals surface area contributed by atoms with Crippen LogP contribution >= 0.6 is 0 Å². The number of nitrogens with zero attached hydrogens (tertiary/aromatic N) is 5. The molecule has 0 spiro atoms. The number of ether oxygens (including phenoxy) is 1. The number of rotatable bonds is 5. The van der Waals surface area contributed by atoms with Crippen LogP contribution in [0.15, 0.2) is 91.4 Å². The summed E-state index contributed by atoms with van der Waals surface area (Å²) >= 11 is 0. The third-order valence-corrected chi connectivity index (χ3v) is 9.67. The molecule has 4 aliphatic rings. The second-order valence-corrected chi connectivity index (χ2v) is 13.5.